The zero-order valence-electron chi connectivity index (χ0n) is 8.86. The lowest BCUT2D eigenvalue weighted by Gasteiger charge is -2.32. The van der Waals surface area contributed by atoms with Crippen molar-refractivity contribution in [2.45, 2.75) is 13.0 Å². The fourth-order valence-corrected chi connectivity index (χ4v) is 1.67. The highest BCUT2D eigenvalue weighted by atomic mass is 16.2. The topological polar surface area (TPSA) is 104 Å². The maximum atomic E-state index is 12.0. The number of anilines is 1. The summed E-state index contributed by atoms with van der Waals surface area (Å²) in [7, 11) is 0. The third-order valence-corrected chi connectivity index (χ3v) is 2.64. The summed E-state index contributed by atoms with van der Waals surface area (Å²) >= 11 is 0. The lowest BCUT2D eigenvalue weighted by molar-refractivity contribution is -0.127. The number of hydrogen-bond donors (Lipinski definition) is 3. The second-order valence-corrected chi connectivity index (χ2v) is 3.67. The fraction of sp³-hybridized carbons (Fsp3) is 0.444. The SMILES string of the molecule is CC1C(=O)NCCN1C(=O)c1[nH]ncc1N. The lowest BCUT2D eigenvalue weighted by Crippen LogP contribution is -2.56. The van der Waals surface area contributed by atoms with E-state index in [-0.39, 0.29) is 17.5 Å². The summed E-state index contributed by atoms with van der Waals surface area (Å²) in [5.74, 6) is -0.449. The van der Waals surface area contributed by atoms with Crippen molar-refractivity contribution in [1.29, 1.82) is 0 Å². The van der Waals surface area contributed by atoms with Gasteiger partial charge in [0.25, 0.3) is 5.91 Å². The van der Waals surface area contributed by atoms with E-state index in [9.17, 15) is 9.59 Å². The van der Waals surface area contributed by atoms with Gasteiger partial charge in [-0.3, -0.25) is 14.7 Å². The lowest BCUT2D eigenvalue weighted by atomic mass is 10.2. The van der Waals surface area contributed by atoms with Crippen LogP contribution >= 0.6 is 0 Å². The molecule has 0 aromatic carbocycles. The average Bonchev–Trinajstić information content (AvgIpc) is 2.68. The van der Waals surface area contributed by atoms with E-state index in [2.05, 4.69) is 15.5 Å². The summed E-state index contributed by atoms with van der Waals surface area (Å²) in [5, 5.41) is 8.91. The van der Waals surface area contributed by atoms with E-state index in [1.54, 1.807) is 6.92 Å². The standard InChI is InChI=1S/C9H13N5O2/c1-5-8(15)11-2-3-14(5)9(16)7-6(10)4-12-13-7/h4-5H,2-3,10H2,1H3,(H,11,15)(H,12,13). The number of rotatable bonds is 1. The minimum atomic E-state index is -0.482. The number of piperazine rings is 1. The molecule has 1 atom stereocenters. The second-order valence-electron chi connectivity index (χ2n) is 3.67. The highest BCUT2D eigenvalue weighted by Gasteiger charge is 2.31. The molecule has 1 aliphatic heterocycles. The number of carbonyl (C=O) groups excluding carboxylic acids is 2. The minimum Gasteiger partial charge on any atom is -0.396 e. The zero-order chi connectivity index (χ0) is 11.7. The molecule has 0 spiro atoms. The van der Waals surface area contributed by atoms with Crippen molar-refractivity contribution < 1.29 is 9.59 Å². The number of nitrogens with one attached hydrogen (secondary N) is 2. The van der Waals surface area contributed by atoms with Crippen LogP contribution in [0.25, 0.3) is 0 Å². The van der Waals surface area contributed by atoms with Crippen LogP contribution in [-0.4, -0.2) is 46.0 Å². The predicted molar refractivity (Wildman–Crippen MR) is 56.5 cm³/mol. The molecule has 1 saturated heterocycles. The Kier molecular flexibility index (Phi) is 2.51. The van der Waals surface area contributed by atoms with Crippen LogP contribution in [0.2, 0.25) is 0 Å². The van der Waals surface area contributed by atoms with Crippen LogP contribution in [0.5, 0.6) is 0 Å². The summed E-state index contributed by atoms with van der Waals surface area (Å²) in [6.07, 6.45) is 1.38. The van der Waals surface area contributed by atoms with Gasteiger partial charge in [0.05, 0.1) is 11.9 Å². The fourth-order valence-electron chi connectivity index (χ4n) is 1.67. The number of hydrogen-bond acceptors (Lipinski definition) is 4. The quantitative estimate of drug-likeness (QED) is 0.565. The van der Waals surface area contributed by atoms with E-state index in [0.29, 0.717) is 18.8 Å². The first kappa shape index (κ1) is 10.5. The van der Waals surface area contributed by atoms with Crippen LogP contribution < -0.4 is 11.1 Å². The summed E-state index contributed by atoms with van der Waals surface area (Å²) in [6, 6.07) is -0.482. The molecule has 86 valence electrons. The Morgan fingerprint density at radius 1 is 1.69 bits per heavy atom. The van der Waals surface area contributed by atoms with Gasteiger partial charge in [-0.25, -0.2) is 0 Å². The summed E-state index contributed by atoms with van der Waals surface area (Å²) < 4.78 is 0. The van der Waals surface area contributed by atoms with Crippen molar-refractivity contribution in [3.8, 4) is 0 Å². The number of nitrogens with two attached hydrogens (primary N) is 1. The minimum absolute atomic E-state index is 0.155. The van der Waals surface area contributed by atoms with Gasteiger partial charge >= 0.3 is 0 Å². The molecule has 0 aliphatic carbocycles. The van der Waals surface area contributed by atoms with Crippen LogP contribution in [0.15, 0.2) is 6.20 Å². The first-order chi connectivity index (χ1) is 7.61. The van der Waals surface area contributed by atoms with Gasteiger partial charge in [0.2, 0.25) is 5.91 Å². The highest BCUT2D eigenvalue weighted by molar-refractivity contribution is 6.00. The van der Waals surface area contributed by atoms with Crippen molar-refractivity contribution in [2.75, 3.05) is 18.8 Å². The van der Waals surface area contributed by atoms with E-state index < -0.39 is 6.04 Å². The van der Waals surface area contributed by atoms with E-state index >= 15 is 0 Å². The molecular weight excluding hydrogens is 210 g/mol. The maximum absolute atomic E-state index is 12.0. The molecule has 0 radical (unpaired) electrons. The highest BCUT2D eigenvalue weighted by Crippen LogP contribution is 2.13. The molecule has 1 unspecified atom stereocenters. The van der Waals surface area contributed by atoms with Crippen LogP contribution in [0.1, 0.15) is 17.4 Å². The third kappa shape index (κ3) is 1.60. The molecular formula is C9H13N5O2. The van der Waals surface area contributed by atoms with Crippen LogP contribution in [0, 0.1) is 0 Å². The predicted octanol–water partition coefficient (Wildman–Crippen LogP) is -1.05. The molecule has 2 heterocycles. The van der Waals surface area contributed by atoms with Gasteiger partial charge in [-0.15, -0.1) is 0 Å². The summed E-state index contributed by atoms with van der Waals surface area (Å²) in [6.45, 7) is 2.62. The first-order valence-electron chi connectivity index (χ1n) is 4.99. The molecule has 0 saturated carbocycles. The number of amides is 2. The number of nitrogens with zero attached hydrogens (tertiary/aromatic N) is 2. The summed E-state index contributed by atoms with van der Waals surface area (Å²) in [5.41, 5.74) is 6.12. The van der Waals surface area contributed by atoms with Gasteiger partial charge in [-0.1, -0.05) is 0 Å². The molecule has 7 heteroatoms. The van der Waals surface area contributed by atoms with Crippen LogP contribution in [-0.2, 0) is 4.79 Å². The maximum Gasteiger partial charge on any atom is 0.274 e. The molecule has 1 aromatic heterocycles. The van der Waals surface area contributed by atoms with Gasteiger partial charge in [0, 0.05) is 13.1 Å². The molecule has 1 fully saturated rings. The molecule has 0 bridgehead atoms. The van der Waals surface area contributed by atoms with Crippen molar-refractivity contribution in [3.05, 3.63) is 11.9 Å². The monoisotopic (exact) mass is 223 g/mol. The molecule has 2 amide bonds. The molecule has 1 aliphatic rings. The number of nitrogen functional groups attached to an aromatic ring is 1. The number of aromatic amines is 1. The zero-order valence-corrected chi connectivity index (χ0v) is 8.86. The van der Waals surface area contributed by atoms with Gasteiger partial charge in [0.15, 0.2) is 0 Å². The van der Waals surface area contributed by atoms with Crippen molar-refractivity contribution in [2.24, 2.45) is 0 Å². The van der Waals surface area contributed by atoms with Crippen molar-refractivity contribution in [1.82, 2.24) is 20.4 Å². The Hall–Kier alpha value is -2.05. The smallest absolute Gasteiger partial charge is 0.274 e. The Balaban J connectivity index is 2.22. The van der Waals surface area contributed by atoms with Crippen LogP contribution in [0.4, 0.5) is 5.69 Å². The van der Waals surface area contributed by atoms with Crippen LogP contribution in [0.3, 0.4) is 0 Å². The molecule has 16 heavy (non-hydrogen) atoms. The van der Waals surface area contributed by atoms with E-state index in [1.807, 2.05) is 0 Å². The Bertz CT molecular complexity index is 427. The van der Waals surface area contributed by atoms with E-state index in [4.69, 9.17) is 5.73 Å². The number of aromatic nitrogens is 2. The molecule has 1 aromatic rings. The Morgan fingerprint density at radius 3 is 3.06 bits per heavy atom. The average molecular weight is 223 g/mol. The van der Waals surface area contributed by atoms with Crippen molar-refractivity contribution >= 4 is 17.5 Å². The number of carbonyl (C=O) groups is 2. The van der Waals surface area contributed by atoms with Gasteiger partial charge in [0.1, 0.15) is 11.7 Å². The third-order valence-electron chi connectivity index (χ3n) is 2.64. The van der Waals surface area contributed by atoms with E-state index in [0.717, 1.165) is 0 Å². The Labute approximate surface area is 92.0 Å². The first-order valence-corrected chi connectivity index (χ1v) is 4.99. The molecule has 7 nitrogen and oxygen atoms in total. The molecule has 2 rings (SSSR count). The van der Waals surface area contributed by atoms with Gasteiger partial charge in [-0.2, -0.15) is 5.10 Å². The van der Waals surface area contributed by atoms with Crippen molar-refractivity contribution in [3.63, 3.8) is 0 Å². The van der Waals surface area contributed by atoms with Gasteiger partial charge < -0.3 is 16.0 Å². The molecule has 4 N–H and O–H groups in total. The van der Waals surface area contributed by atoms with E-state index in [1.165, 1.54) is 11.1 Å². The largest absolute Gasteiger partial charge is 0.396 e. The Morgan fingerprint density at radius 2 is 2.44 bits per heavy atom. The number of H-pyrrole nitrogens is 1. The van der Waals surface area contributed by atoms with Gasteiger partial charge in [-0.05, 0) is 6.92 Å². The normalized spacial score (nSPS) is 20.7. The second kappa shape index (κ2) is 3.84. The summed E-state index contributed by atoms with van der Waals surface area (Å²) in [4.78, 5) is 24.9.